The molecule has 0 spiro atoms. The van der Waals surface area contributed by atoms with Crippen molar-refractivity contribution in [2.24, 2.45) is 0 Å². The highest BCUT2D eigenvalue weighted by molar-refractivity contribution is 7.91. The zero-order chi connectivity index (χ0) is 16.7. The summed E-state index contributed by atoms with van der Waals surface area (Å²) in [6.45, 7) is 2.05. The van der Waals surface area contributed by atoms with Gasteiger partial charge in [-0.2, -0.15) is 12.6 Å². The number of nitrogens with one attached hydrogen (secondary N) is 1. The van der Waals surface area contributed by atoms with Gasteiger partial charge in [-0.05, 0) is 13.3 Å². The summed E-state index contributed by atoms with van der Waals surface area (Å²) in [5.74, 6) is 0. The van der Waals surface area contributed by atoms with E-state index >= 15 is 0 Å². The number of rotatable bonds is 4. The Labute approximate surface area is 135 Å². The predicted octanol–water partition coefficient (Wildman–Crippen LogP) is -2.14. The molecule has 8 atom stereocenters. The highest BCUT2D eigenvalue weighted by atomic mass is 32.2. The summed E-state index contributed by atoms with van der Waals surface area (Å²) in [5, 5.41) is 32.4. The molecule has 1 unspecified atom stereocenters. The van der Waals surface area contributed by atoms with Crippen LogP contribution >= 0.6 is 12.6 Å². The second-order valence-electron chi connectivity index (χ2n) is 5.92. The van der Waals surface area contributed by atoms with Gasteiger partial charge in [-0.1, -0.05) is 0 Å². The fourth-order valence-corrected chi connectivity index (χ4v) is 4.15. The molecule has 130 valence electrons. The van der Waals surface area contributed by atoms with Gasteiger partial charge in [0.25, 0.3) is 0 Å². The molecule has 2 fully saturated rings. The van der Waals surface area contributed by atoms with Gasteiger partial charge in [0.1, 0.15) is 18.3 Å². The van der Waals surface area contributed by atoms with Crippen LogP contribution in [0.2, 0.25) is 0 Å². The van der Waals surface area contributed by atoms with Crippen molar-refractivity contribution in [1.29, 1.82) is 0 Å². The highest BCUT2D eigenvalue weighted by Gasteiger charge is 2.46. The molecule has 0 amide bonds. The first-order chi connectivity index (χ1) is 10.1. The van der Waals surface area contributed by atoms with Gasteiger partial charge in [-0.15, -0.1) is 0 Å². The summed E-state index contributed by atoms with van der Waals surface area (Å²) < 4.78 is 34.7. The van der Waals surface area contributed by atoms with E-state index in [1.165, 1.54) is 6.92 Å². The molecule has 0 saturated carbocycles. The van der Waals surface area contributed by atoms with E-state index in [-0.39, 0.29) is 5.25 Å². The number of aliphatic hydroxyl groups is 3. The Hall–Kier alpha value is 0.0600. The van der Waals surface area contributed by atoms with Crippen LogP contribution in [0, 0.1) is 0 Å². The maximum absolute atomic E-state index is 12.0. The van der Waals surface area contributed by atoms with Crippen LogP contribution in [0.25, 0.3) is 0 Å². The first-order valence-corrected chi connectivity index (χ1v) is 9.53. The first kappa shape index (κ1) is 18.4. The zero-order valence-electron chi connectivity index (χ0n) is 12.4. The van der Waals surface area contributed by atoms with Gasteiger partial charge < -0.3 is 30.1 Å². The quantitative estimate of drug-likeness (QED) is 0.361. The predicted molar refractivity (Wildman–Crippen MR) is 81.3 cm³/mol. The third-order valence-electron chi connectivity index (χ3n) is 3.97. The minimum absolute atomic E-state index is 0.0152. The van der Waals surface area contributed by atoms with E-state index in [1.807, 2.05) is 0 Å². The van der Waals surface area contributed by atoms with Crippen molar-refractivity contribution >= 4 is 22.5 Å². The molecule has 2 rings (SSSR count). The lowest BCUT2D eigenvalue weighted by Crippen LogP contribution is -2.59. The zero-order valence-corrected chi connectivity index (χ0v) is 14.1. The first-order valence-electron chi connectivity index (χ1n) is 7.06. The Morgan fingerprint density at radius 1 is 1.27 bits per heavy atom. The van der Waals surface area contributed by atoms with Crippen LogP contribution in [-0.4, -0.2) is 84.0 Å². The van der Waals surface area contributed by atoms with Crippen molar-refractivity contribution in [2.45, 2.75) is 60.8 Å². The average Bonchev–Trinajstić information content (AvgIpc) is 2.83. The maximum atomic E-state index is 12.0. The minimum atomic E-state index is -3.60. The summed E-state index contributed by atoms with van der Waals surface area (Å²) in [5.41, 5.74) is -1.24. The number of sulfone groups is 1. The maximum Gasteiger partial charge on any atom is 0.188 e. The molecular weight excluding hydrogens is 334 g/mol. The van der Waals surface area contributed by atoms with E-state index in [9.17, 15) is 23.7 Å². The molecule has 2 heterocycles. The van der Waals surface area contributed by atoms with Crippen molar-refractivity contribution < 1.29 is 33.2 Å². The summed E-state index contributed by atoms with van der Waals surface area (Å²) >= 11 is 4.30. The minimum Gasteiger partial charge on any atom is -0.388 e. The summed E-state index contributed by atoms with van der Waals surface area (Å²) in [6.07, 6.45) is -4.88. The van der Waals surface area contributed by atoms with E-state index in [1.54, 1.807) is 0 Å². The fraction of sp³-hybridized carbons (Fsp3) is 1.00. The van der Waals surface area contributed by atoms with Crippen LogP contribution in [0.3, 0.4) is 0 Å². The number of hydrogen-bond donors (Lipinski definition) is 5. The van der Waals surface area contributed by atoms with Crippen LogP contribution in [0.15, 0.2) is 0 Å². The standard InChI is InChI=1S/C12H23NO7S2/c1-5-8(14)9(15)10(16)11(19-5)20-12(22(2,17)18)7-3-6(21)4-13-7/h5-16,21H,3-4H2,1-2H3/t5-,6+,7-,8-,9+,10+,11-,12?/m0/s1. The largest absolute Gasteiger partial charge is 0.388 e. The Balaban J connectivity index is 2.13. The molecule has 8 nitrogen and oxygen atoms in total. The van der Waals surface area contributed by atoms with Gasteiger partial charge in [0.05, 0.1) is 6.10 Å². The van der Waals surface area contributed by atoms with Gasteiger partial charge in [0.2, 0.25) is 0 Å². The molecule has 2 aliphatic heterocycles. The van der Waals surface area contributed by atoms with Crippen LogP contribution in [0.1, 0.15) is 13.3 Å². The molecule has 0 aromatic carbocycles. The molecule has 2 aliphatic rings. The lowest BCUT2D eigenvalue weighted by atomic mass is 10.00. The topological polar surface area (TPSA) is 125 Å². The summed E-state index contributed by atoms with van der Waals surface area (Å²) in [6, 6.07) is -0.479. The van der Waals surface area contributed by atoms with Crippen molar-refractivity contribution in [1.82, 2.24) is 5.32 Å². The van der Waals surface area contributed by atoms with Gasteiger partial charge >= 0.3 is 0 Å². The molecule has 0 bridgehead atoms. The molecule has 2 saturated heterocycles. The van der Waals surface area contributed by atoms with Gasteiger partial charge in [-0.3, -0.25) is 0 Å². The molecule has 0 aliphatic carbocycles. The smallest absolute Gasteiger partial charge is 0.188 e. The van der Waals surface area contributed by atoms with Crippen LogP contribution in [0.5, 0.6) is 0 Å². The lowest BCUT2D eigenvalue weighted by Gasteiger charge is -2.40. The molecule has 0 aromatic rings. The van der Waals surface area contributed by atoms with Crippen LogP contribution in [-0.2, 0) is 19.3 Å². The number of ether oxygens (including phenoxy) is 2. The number of aliphatic hydroxyl groups excluding tert-OH is 3. The second kappa shape index (κ2) is 6.89. The molecule has 10 heteroatoms. The Bertz CT molecular complexity index is 488. The molecule has 0 radical (unpaired) electrons. The van der Waals surface area contributed by atoms with E-state index in [0.29, 0.717) is 13.0 Å². The molecular formula is C12H23NO7S2. The normalized spacial score (nSPS) is 44.9. The van der Waals surface area contributed by atoms with E-state index in [0.717, 1.165) is 6.26 Å². The summed E-state index contributed by atoms with van der Waals surface area (Å²) in [4.78, 5) is 0. The van der Waals surface area contributed by atoms with Gasteiger partial charge in [-0.25, -0.2) is 8.42 Å². The highest BCUT2D eigenvalue weighted by Crippen LogP contribution is 2.27. The van der Waals surface area contributed by atoms with Crippen molar-refractivity contribution in [3.05, 3.63) is 0 Å². The SMILES string of the molecule is C[C@@H]1O[C@@H](OC([C@@H]2C[C@@H](S)CN2)S(C)(=O)=O)[C@H](O)[C@H](O)[C@H]1O. The third kappa shape index (κ3) is 3.93. The average molecular weight is 357 g/mol. The lowest BCUT2D eigenvalue weighted by molar-refractivity contribution is -0.298. The number of hydrogen-bond acceptors (Lipinski definition) is 9. The second-order valence-corrected chi connectivity index (χ2v) is 8.77. The molecule has 0 aromatic heterocycles. The van der Waals surface area contributed by atoms with E-state index in [2.05, 4.69) is 17.9 Å². The Morgan fingerprint density at radius 3 is 2.41 bits per heavy atom. The Kier molecular flexibility index (Phi) is 5.77. The molecule has 22 heavy (non-hydrogen) atoms. The Morgan fingerprint density at radius 2 is 1.91 bits per heavy atom. The van der Waals surface area contributed by atoms with Crippen molar-refractivity contribution in [2.75, 3.05) is 12.8 Å². The molecule has 4 N–H and O–H groups in total. The van der Waals surface area contributed by atoms with Crippen molar-refractivity contribution in [3.63, 3.8) is 0 Å². The monoisotopic (exact) mass is 357 g/mol. The van der Waals surface area contributed by atoms with Gasteiger partial charge in [0, 0.05) is 24.1 Å². The van der Waals surface area contributed by atoms with E-state index < -0.39 is 52.0 Å². The number of thiol groups is 1. The van der Waals surface area contributed by atoms with Crippen LogP contribution < -0.4 is 5.32 Å². The van der Waals surface area contributed by atoms with Crippen LogP contribution in [0.4, 0.5) is 0 Å². The van der Waals surface area contributed by atoms with Crippen molar-refractivity contribution in [3.8, 4) is 0 Å². The summed E-state index contributed by atoms with van der Waals surface area (Å²) in [7, 11) is -3.60. The van der Waals surface area contributed by atoms with E-state index in [4.69, 9.17) is 9.47 Å². The third-order valence-corrected chi connectivity index (χ3v) is 5.65. The fourth-order valence-electron chi connectivity index (χ4n) is 2.71. The van der Waals surface area contributed by atoms with Gasteiger partial charge in [0.15, 0.2) is 21.6 Å².